The Bertz CT molecular complexity index is 916. The van der Waals surface area contributed by atoms with Crippen LogP contribution in [0.3, 0.4) is 0 Å². The summed E-state index contributed by atoms with van der Waals surface area (Å²) < 4.78 is 39.8. The standard InChI is InChI=1S/C18H15F2N3O2/c1-21-10-8-12(19)17(13(20)9-10)25-15-5-7-22-14-4-6-23-18(16(14)15)24-11-2-3-11/h4-9,11,21H,2-3H2,1H3. The third-order valence-corrected chi connectivity index (χ3v) is 3.88. The largest absolute Gasteiger partial charge is 0.474 e. The minimum Gasteiger partial charge on any atom is -0.474 e. The Balaban J connectivity index is 1.79. The number of benzene rings is 1. The van der Waals surface area contributed by atoms with E-state index in [0.717, 1.165) is 12.8 Å². The minimum absolute atomic E-state index is 0.120. The van der Waals surface area contributed by atoms with Crippen LogP contribution in [0.4, 0.5) is 14.5 Å². The second-order valence-corrected chi connectivity index (χ2v) is 5.76. The summed E-state index contributed by atoms with van der Waals surface area (Å²) in [6, 6.07) is 5.57. The summed E-state index contributed by atoms with van der Waals surface area (Å²) >= 11 is 0. The Kier molecular flexibility index (Phi) is 3.83. The molecule has 3 aromatic rings. The van der Waals surface area contributed by atoms with Gasteiger partial charge in [0.25, 0.3) is 0 Å². The van der Waals surface area contributed by atoms with Crippen molar-refractivity contribution in [3.63, 3.8) is 0 Å². The topological polar surface area (TPSA) is 56.3 Å². The minimum atomic E-state index is -0.803. The van der Waals surface area contributed by atoms with E-state index in [0.29, 0.717) is 22.5 Å². The molecule has 1 fully saturated rings. The van der Waals surface area contributed by atoms with Crippen molar-refractivity contribution in [2.75, 3.05) is 12.4 Å². The van der Waals surface area contributed by atoms with Gasteiger partial charge in [0.05, 0.1) is 5.52 Å². The maximum atomic E-state index is 14.2. The normalized spacial score (nSPS) is 13.7. The van der Waals surface area contributed by atoms with Crippen LogP contribution in [-0.2, 0) is 0 Å². The number of hydrogen-bond donors (Lipinski definition) is 1. The van der Waals surface area contributed by atoms with E-state index in [-0.39, 0.29) is 11.9 Å². The van der Waals surface area contributed by atoms with E-state index in [4.69, 9.17) is 9.47 Å². The van der Waals surface area contributed by atoms with E-state index < -0.39 is 17.4 Å². The second kappa shape index (κ2) is 6.16. The predicted molar refractivity (Wildman–Crippen MR) is 89.2 cm³/mol. The molecule has 7 heteroatoms. The molecule has 2 heterocycles. The summed E-state index contributed by atoms with van der Waals surface area (Å²) in [5.74, 6) is -1.49. The van der Waals surface area contributed by atoms with Crippen LogP contribution in [-0.4, -0.2) is 23.1 Å². The van der Waals surface area contributed by atoms with Crippen LogP contribution >= 0.6 is 0 Å². The number of halogens is 2. The molecule has 0 aliphatic heterocycles. The molecular weight excluding hydrogens is 328 g/mol. The summed E-state index contributed by atoms with van der Waals surface area (Å²) in [5.41, 5.74) is 0.900. The zero-order chi connectivity index (χ0) is 17.4. The van der Waals surface area contributed by atoms with Gasteiger partial charge in [-0.15, -0.1) is 0 Å². The van der Waals surface area contributed by atoms with Gasteiger partial charge in [-0.1, -0.05) is 0 Å². The number of pyridine rings is 2. The highest BCUT2D eigenvalue weighted by Crippen LogP contribution is 2.38. The van der Waals surface area contributed by atoms with Crippen molar-refractivity contribution in [2.45, 2.75) is 18.9 Å². The van der Waals surface area contributed by atoms with Crippen LogP contribution in [0.2, 0.25) is 0 Å². The van der Waals surface area contributed by atoms with Crippen molar-refractivity contribution < 1.29 is 18.3 Å². The van der Waals surface area contributed by atoms with Crippen LogP contribution in [0.1, 0.15) is 12.8 Å². The Morgan fingerprint density at radius 3 is 2.48 bits per heavy atom. The van der Waals surface area contributed by atoms with Gasteiger partial charge >= 0.3 is 0 Å². The first kappa shape index (κ1) is 15.6. The van der Waals surface area contributed by atoms with Gasteiger partial charge in [-0.2, -0.15) is 0 Å². The smallest absolute Gasteiger partial charge is 0.227 e. The van der Waals surface area contributed by atoms with Crippen molar-refractivity contribution in [2.24, 2.45) is 0 Å². The van der Waals surface area contributed by atoms with Crippen LogP contribution in [0, 0.1) is 11.6 Å². The lowest BCUT2D eigenvalue weighted by Gasteiger charge is -2.13. The fourth-order valence-electron chi connectivity index (χ4n) is 2.47. The summed E-state index contributed by atoms with van der Waals surface area (Å²) in [6.45, 7) is 0. The quantitative estimate of drug-likeness (QED) is 0.749. The number of anilines is 1. The maximum Gasteiger partial charge on any atom is 0.227 e. The Hall–Kier alpha value is -2.96. The van der Waals surface area contributed by atoms with Crippen LogP contribution in [0.15, 0.2) is 36.7 Å². The zero-order valence-electron chi connectivity index (χ0n) is 13.4. The third kappa shape index (κ3) is 3.05. The lowest BCUT2D eigenvalue weighted by Crippen LogP contribution is -2.01. The van der Waals surface area contributed by atoms with Gasteiger partial charge in [0.15, 0.2) is 17.4 Å². The van der Waals surface area contributed by atoms with Gasteiger partial charge in [-0.05, 0) is 25.0 Å². The molecule has 1 aromatic carbocycles. The van der Waals surface area contributed by atoms with Crippen LogP contribution < -0.4 is 14.8 Å². The molecule has 2 aromatic heterocycles. The molecule has 0 bridgehead atoms. The van der Waals surface area contributed by atoms with E-state index in [2.05, 4.69) is 15.3 Å². The number of nitrogens with zero attached hydrogens (tertiary/aromatic N) is 2. The molecule has 1 aliphatic carbocycles. The molecule has 0 radical (unpaired) electrons. The Morgan fingerprint density at radius 2 is 1.80 bits per heavy atom. The maximum absolute atomic E-state index is 14.2. The molecule has 25 heavy (non-hydrogen) atoms. The summed E-state index contributed by atoms with van der Waals surface area (Å²) in [4.78, 5) is 8.47. The Morgan fingerprint density at radius 1 is 1.08 bits per heavy atom. The molecule has 1 aliphatic rings. The number of hydrogen-bond acceptors (Lipinski definition) is 5. The van der Waals surface area contributed by atoms with Crippen LogP contribution in [0.25, 0.3) is 10.9 Å². The van der Waals surface area contributed by atoms with E-state index in [1.54, 1.807) is 19.3 Å². The van der Waals surface area contributed by atoms with Gasteiger partial charge in [0.1, 0.15) is 17.2 Å². The number of aromatic nitrogens is 2. The monoisotopic (exact) mass is 343 g/mol. The van der Waals surface area contributed by atoms with Gasteiger partial charge < -0.3 is 14.8 Å². The average Bonchev–Trinajstić information content (AvgIpc) is 3.42. The lowest BCUT2D eigenvalue weighted by atomic mass is 10.2. The molecule has 1 saturated carbocycles. The molecule has 128 valence electrons. The summed E-state index contributed by atoms with van der Waals surface area (Å²) in [7, 11) is 1.58. The molecule has 0 saturated heterocycles. The first-order valence-electron chi connectivity index (χ1n) is 7.90. The number of rotatable bonds is 5. The van der Waals surface area contributed by atoms with Crippen molar-refractivity contribution in [1.29, 1.82) is 0 Å². The number of ether oxygens (including phenoxy) is 2. The molecule has 0 atom stereocenters. The summed E-state index contributed by atoms with van der Waals surface area (Å²) in [6.07, 6.45) is 5.14. The van der Waals surface area contributed by atoms with Crippen molar-refractivity contribution in [3.8, 4) is 17.4 Å². The molecule has 4 rings (SSSR count). The first-order chi connectivity index (χ1) is 12.2. The summed E-state index contributed by atoms with van der Waals surface area (Å²) in [5, 5.41) is 3.19. The van der Waals surface area contributed by atoms with E-state index in [1.807, 2.05) is 0 Å². The van der Waals surface area contributed by atoms with Crippen molar-refractivity contribution >= 4 is 16.6 Å². The van der Waals surface area contributed by atoms with Gasteiger partial charge in [-0.3, -0.25) is 4.98 Å². The highest BCUT2D eigenvalue weighted by molar-refractivity contribution is 5.89. The molecule has 0 spiro atoms. The van der Waals surface area contributed by atoms with Crippen LogP contribution in [0.5, 0.6) is 17.4 Å². The van der Waals surface area contributed by atoms with Gasteiger partial charge in [-0.25, -0.2) is 13.8 Å². The Labute approximate surface area is 142 Å². The van der Waals surface area contributed by atoms with E-state index >= 15 is 0 Å². The predicted octanol–water partition coefficient (Wildman–Crippen LogP) is 4.28. The van der Waals surface area contributed by atoms with E-state index in [1.165, 1.54) is 24.4 Å². The SMILES string of the molecule is CNc1cc(F)c(Oc2ccnc3ccnc(OC4CC4)c23)c(F)c1. The van der Waals surface area contributed by atoms with Crippen molar-refractivity contribution in [1.82, 2.24) is 9.97 Å². The van der Waals surface area contributed by atoms with Gasteiger partial charge in [0.2, 0.25) is 5.88 Å². The fraction of sp³-hybridized carbons (Fsp3) is 0.222. The molecule has 0 amide bonds. The number of nitrogens with one attached hydrogen (secondary N) is 1. The molecule has 0 unspecified atom stereocenters. The molecule has 1 N–H and O–H groups in total. The third-order valence-electron chi connectivity index (χ3n) is 3.88. The highest BCUT2D eigenvalue weighted by Gasteiger charge is 2.26. The first-order valence-corrected chi connectivity index (χ1v) is 7.90. The van der Waals surface area contributed by atoms with Gasteiger partial charge in [0, 0.05) is 37.3 Å². The zero-order valence-corrected chi connectivity index (χ0v) is 13.4. The molecule has 5 nitrogen and oxygen atoms in total. The van der Waals surface area contributed by atoms with E-state index in [9.17, 15) is 8.78 Å². The molecular formula is C18H15F2N3O2. The average molecular weight is 343 g/mol. The fourth-order valence-corrected chi connectivity index (χ4v) is 2.47. The highest BCUT2D eigenvalue weighted by atomic mass is 19.1. The van der Waals surface area contributed by atoms with Crippen molar-refractivity contribution in [3.05, 3.63) is 48.3 Å². The second-order valence-electron chi connectivity index (χ2n) is 5.76. The lowest BCUT2D eigenvalue weighted by molar-refractivity contribution is 0.294. The number of fused-ring (bicyclic) bond motifs is 1.